The third kappa shape index (κ3) is 4.77. The molecule has 188 valence electrons. The average Bonchev–Trinajstić information content (AvgIpc) is 3.24. The number of fused-ring (bicyclic) bond motifs is 1. The molecule has 0 N–H and O–H groups in total. The zero-order chi connectivity index (χ0) is 26.3. The molecule has 0 radical (unpaired) electrons. The minimum atomic E-state index is -0.318. The molecule has 0 aliphatic carbocycles. The van der Waals surface area contributed by atoms with Gasteiger partial charge in [0, 0.05) is 11.9 Å². The Labute approximate surface area is 215 Å². The summed E-state index contributed by atoms with van der Waals surface area (Å²) in [6.07, 6.45) is 1.68. The number of ether oxygens (including phenoxy) is 1. The Bertz CT molecular complexity index is 1640. The number of pyridine rings is 1. The van der Waals surface area contributed by atoms with Crippen molar-refractivity contribution in [3.05, 3.63) is 112 Å². The summed E-state index contributed by atoms with van der Waals surface area (Å²) in [7, 11) is 0. The van der Waals surface area contributed by atoms with Crippen LogP contribution in [0.1, 0.15) is 43.3 Å². The van der Waals surface area contributed by atoms with Crippen molar-refractivity contribution in [3.8, 4) is 22.7 Å². The first-order valence-electron chi connectivity index (χ1n) is 12.2. The fourth-order valence-corrected chi connectivity index (χ4v) is 4.35. The Hall–Kier alpha value is -4.26. The van der Waals surface area contributed by atoms with Gasteiger partial charge in [-0.15, -0.1) is 0 Å². The van der Waals surface area contributed by atoms with Crippen LogP contribution in [0.15, 0.2) is 77.7 Å². The molecule has 0 spiro atoms. The zero-order valence-electron chi connectivity index (χ0n) is 21.6. The Morgan fingerprint density at radius 3 is 2.35 bits per heavy atom. The average molecular weight is 497 g/mol. The second-order valence-corrected chi connectivity index (χ2v) is 10.2. The summed E-state index contributed by atoms with van der Waals surface area (Å²) >= 11 is 0. The molecule has 0 fully saturated rings. The van der Waals surface area contributed by atoms with Crippen molar-refractivity contribution < 1.29 is 9.13 Å². The molecular formula is C30H29FN4O2. The fraction of sp³-hybridized carbons (Fsp3) is 0.233. The minimum Gasteiger partial charge on any atom is -0.485 e. The first-order valence-corrected chi connectivity index (χ1v) is 12.2. The van der Waals surface area contributed by atoms with E-state index in [-0.39, 0.29) is 16.8 Å². The summed E-state index contributed by atoms with van der Waals surface area (Å²) in [6.45, 7) is 10.6. The SMILES string of the molecule is Cc1nc2c(OCc3ccc(C(C)(C)C)cc3)cccn2c(=O)c1-c1cc(C)n(-c2ccc(F)cc2)n1. The monoisotopic (exact) mass is 496 g/mol. The highest BCUT2D eigenvalue weighted by molar-refractivity contribution is 5.65. The van der Waals surface area contributed by atoms with E-state index in [0.717, 1.165) is 11.3 Å². The number of aryl methyl sites for hydroxylation is 2. The third-order valence-electron chi connectivity index (χ3n) is 6.43. The van der Waals surface area contributed by atoms with Crippen LogP contribution in [-0.2, 0) is 12.0 Å². The molecule has 0 amide bonds. The van der Waals surface area contributed by atoms with E-state index in [2.05, 4.69) is 50.1 Å². The van der Waals surface area contributed by atoms with Gasteiger partial charge >= 0.3 is 0 Å². The van der Waals surface area contributed by atoms with Crippen molar-refractivity contribution in [3.63, 3.8) is 0 Å². The van der Waals surface area contributed by atoms with Crippen LogP contribution in [0.5, 0.6) is 5.75 Å². The molecule has 5 aromatic rings. The van der Waals surface area contributed by atoms with E-state index in [0.29, 0.717) is 40.6 Å². The molecule has 3 heterocycles. The van der Waals surface area contributed by atoms with Crippen molar-refractivity contribution >= 4 is 5.65 Å². The van der Waals surface area contributed by atoms with Gasteiger partial charge in [-0.25, -0.2) is 14.1 Å². The van der Waals surface area contributed by atoms with Crippen LogP contribution in [0.3, 0.4) is 0 Å². The van der Waals surface area contributed by atoms with Crippen LogP contribution in [0, 0.1) is 19.7 Å². The number of benzene rings is 2. The smallest absolute Gasteiger partial charge is 0.267 e. The van der Waals surface area contributed by atoms with Crippen molar-refractivity contribution in [2.75, 3.05) is 0 Å². The van der Waals surface area contributed by atoms with E-state index in [9.17, 15) is 9.18 Å². The van der Waals surface area contributed by atoms with E-state index >= 15 is 0 Å². The highest BCUT2D eigenvalue weighted by Crippen LogP contribution is 2.26. The quantitative estimate of drug-likeness (QED) is 0.292. The van der Waals surface area contributed by atoms with Gasteiger partial charge in [-0.2, -0.15) is 5.10 Å². The van der Waals surface area contributed by atoms with Gasteiger partial charge in [-0.3, -0.25) is 9.20 Å². The summed E-state index contributed by atoms with van der Waals surface area (Å²) in [5.41, 5.74) is 5.61. The van der Waals surface area contributed by atoms with Gasteiger partial charge < -0.3 is 4.74 Å². The molecule has 7 heteroatoms. The first-order chi connectivity index (χ1) is 17.6. The number of halogens is 1. The summed E-state index contributed by atoms with van der Waals surface area (Å²) in [4.78, 5) is 18.3. The van der Waals surface area contributed by atoms with Gasteiger partial charge in [0.25, 0.3) is 5.56 Å². The van der Waals surface area contributed by atoms with Gasteiger partial charge in [-0.1, -0.05) is 45.0 Å². The molecule has 0 bridgehead atoms. The summed E-state index contributed by atoms with van der Waals surface area (Å²) < 4.78 is 22.7. The second kappa shape index (κ2) is 9.32. The maximum absolute atomic E-state index is 13.6. The highest BCUT2D eigenvalue weighted by atomic mass is 19.1. The summed E-state index contributed by atoms with van der Waals surface area (Å²) in [6, 6.07) is 19.9. The van der Waals surface area contributed by atoms with Crippen LogP contribution < -0.4 is 10.3 Å². The maximum atomic E-state index is 13.6. The van der Waals surface area contributed by atoms with Crippen LogP contribution in [0.4, 0.5) is 4.39 Å². The van der Waals surface area contributed by atoms with Gasteiger partial charge in [0.2, 0.25) is 0 Å². The lowest BCUT2D eigenvalue weighted by Crippen LogP contribution is -2.19. The summed E-state index contributed by atoms with van der Waals surface area (Å²) in [5, 5.41) is 4.64. The molecule has 0 atom stereocenters. The van der Waals surface area contributed by atoms with E-state index in [4.69, 9.17) is 9.72 Å². The number of hydrogen-bond acceptors (Lipinski definition) is 4. The van der Waals surface area contributed by atoms with Crippen LogP contribution in [0.25, 0.3) is 22.6 Å². The van der Waals surface area contributed by atoms with E-state index in [1.54, 1.807) is 36.0 Å². The van der Waals surface area contributed by atoms with E-state index in [1.807, 2.05) is 19.1 Å². The lowest BCUT2D eigenvalue weighted by Gasteiger charge is -2.19. The summed E-state index contributed by atoms with van der Waals surface area (Å²) in [5.74, 6) is 0.212. The lowest BCUT2D eigenvalue weighted by atomic mass is 9.87. The number of aromatic nitrogens is 4. The van der Waals surface area contributed by atoms with Crippen LogP contribution in [0.2, 0.25) is 0 Å². The van der Waals surface area contributed by atoms with Gasteiger partial charge in [0.05, 0.1) is 16.9 Å². The van der Waals surface area contributed by atoms with Crippen molar-refractivity contribution in [1.29, 1.82) is 0 Å². The van der Waals surface area contributed by atoms with Gasteiger partial charge in [-0.05, 0) is 72.9 Å². The third-order valence-corrected chi connectivity index (χ3v) is 6.43. The molecule has 0 saturated heterocycles. The number of nitrogens with zero attached hydrogens (tertiary/aromatic N) is 4. The standard InChI is InChI=1S/C30H29FN4O2/c1-19-17-25(33-35(19)24-14-12-23(31)13-15-24)27-20(2)32-28-26(7-6-16-34(28)29(27)36)37-18-21-8-10-22(11-9-21)30(3,4)5/h6-17H,18H2,1-5H3. The Kier molecular flexibility index (Phi) is 6.15. The van der Waals surface area contributed by atoms with Crippen LogP contribution >= 0.6 is 0 Å². The minimum absolute atomic E-state index is 0.0860. The molecule has 3 aromatic heterocycles. The fourth-order valence-electron chi connectivity index (χ4n) is 4.35. The first kappa shape index (κ1) is 24.4. The normalized spacial score (nSPS) is 11.7. The largest absolute Gasteiger partial charge is 0.485 e. The van der Waals surface area contributed by atoms with Crippen molar-refractivity contribution in [2.24, 2.45) is 0 Å². The molecule has 0 aliphatic heterocycles. The van der Waals surface area contributed by atoms with Gasteiger partial charge in [0.15, 0.2) is 11.4 Å². The highest BCUT2D eigenvalue weighted by Gasteiger charge is 2.19. The number of rotatable bonds is 5. The zero-order valence-corrected chi connectivity index (χ0v) is 21.6. The number of hydrogen-bond donors (Lipinski definition) is 0. The predicted molar refractivity (Wildman–Crippen MR) is 143 cm³/mol. The Balaban J connectivity index is 1.48. The molecule has 0 aliphatic rings. The second-order valence-electron chi connectivity index (χ2n) is 10.2. The predicted octanol–water partition coefficient (Wildman–Crippen LogP) is 6.18. The molecule has 6 nitrogen and oxygen atoms in total. The van der Waals surface area contributed by atoms with E-state index < -0.39 is 0 Å². The van der Waals surface area contributed by atoms with E-state index in [1.165, 1.54) is 22.1 Å². The molecule has 2 aromatic carbocycles. The topological polar surface area (TPSA) is 61.4 Å². The molecule has 5 rings (SSSR count). The lowest BCUT2D eigenvalue weighted by molar-refractivity contribution is 0.307. The van der Waals surface area contributed by atoms with Crippen LogP contribution in [-0.4, -0.2) is 19.2 Å². The van der Waals surface area contributed by atoms with Crippen molar-refractivity contribution in [1.82, 2.24) is 19.2 Å². The molecule has 0 saturated carbocycles. The molecular weight excluding hydrogens is 467 g/mol. The Morgan fingerprint density at radius 1 is 0.973 bits per heavy atom. The maximum Gasteiger partial charge on any atom is 0.267 e. The molecule has 0 unspecified atom stereocenters. The Morgan fingerprint density at radius 2 is 1.68 bits per heavy atom. The van der Waals surface area contributed by atoms with Gasteiger partial charge in [0.1, 0.15) is 18.1 Å². The van der Waals surface area contributed by atoms with Crippen molar-refractivity contribution in [2.45, 2.75) is 46.6 Å². The molecule has 37 heavy (non-hydrogen) atoms.